The van der Waals surface area contributed by atoms with E-state index in [2.05, 4.69) is 15.5 Å². The van der Waals surface area contributed by atoms with E-state index in [1.807, 2.05) is 26.0 Å². The topological polar surface area (TPSA) is 93.0 Å². The molecular weight excluding hydrogens is 386 g/mol. The number of benzene rings is 1. The highest BCUT2D eigenvalue weighted by molar-refractivity contribution is 5.98. The zero-order valence-electron chi connectivity index (χ0n) is 17.5. The van der Waals surface area contributed by atoms with Gasteiger partial charge >= 0.3 is 0 Å². The van der Waals surface area contributed by atoms with E-state index in [1.165, 1.54) is 0 Å². The highest BCUT2D eigenvalue weighted by atomic mass is 16.5. The number of aryl methyl sites for hydroxylation is 1. The van der Waals surface area contributed by atoms with Gasteiger partial charge in [0.1, 0.15) is 17.3 Å². The van der Waals surface area contributed by atoms with Crippen LogP contribution in [0.25, 0.3) is 0 Å². The van der Waals surface area contributed by atoms with Crippen molar-refractivity contribution in [2.45, 2.75) is 19.9 Å². The molecule has 2 aromatic rings. The van der Waals surface area contributed by atoms with Crippen LogP contribution in [0.15, 0.2) is 40.8 Å². The van der Waals surface area contributed by atoms with Gasteiger partial charge < -0.3 is 24.5 Å². The molecule has 3 rings (SSSR count). The van der Waals surface area contributed by atoms with Gasteiger partial charge in [0.2, 0.25) is 5.91 Å². The Balaban J connectivity index is 1.55. The third-order valence-corrected chi connectivity index (χ3v) is 4.91. The number of hydrogen-bond acceptors (Lipinski definition) is 6. The minimum atomic E-state index is -0.347. The fourth-order valence-corrected chi connectivity index (χ4v) is 3.40. The molecule has 1 fully saturated rings. The summed E-state index contributed by atoms with van der Waals surface area (Å²) in [6, 6.07) is 10.7. The van der Waals surface area contributed by atoms with E-state index in [1.54, 1.807) is 24.3 Å². The Morgan fingerprint density at radius 2 is 1.90 bits per heavy atom. The largest absolute Gasteiger partial charge is 0.493 e. The normalized spacial score (nSPS) is 15.4. The highest BCUT2D eigenvalue weighted by Crippen LogP contribution is 2.23. The first kappa shape index (κ1) is 21.9. The van der Waals surface area contributed by atoms with Gasteiger partial charge in [0.25, 0.3) is 5.91 Å². The molecule has 2 heterocycles. The molecule has 1 unspecified atom stereocenters. The lowest BCUT2D eigenvalue weighted by Gasteiger charge is -2.33. The summed E-state index contributed by atoms with van der Waals surface area (Å²) in [6.45, 7) is 7.32. The second-order valence-electron chi connectivity index (χ2n) is 7.03. The van der Waals surface area contributed by atoms with Crippen molar-refractivity contribution in [3.05, 3.63) is 53.5 Å². The molecule has 30 heavy (non-hydrogen) atoms. The molecule has 162 valence electrons. The molecule has 1 aliphatic heterocycles. The molecule has 1 atom stereocenters. The van der Waals surface area contributed by atoms with Crippen LogP contribution in [0.2, 0.25) is 0 Å². The van der Waals surface area contributed by atoms with E-state index in [9.17, 15) is 9.59 Å². The van der Waals surface area contributed by atoms with Crippen LogP contribution in [-0.2, 0) is 9.53 Å². The smallest absolute Gasteiger partial charge is 0.255 e. The first-order valence-electron chi connectivity index (χ1n) is 10.2. The standard InChI is InChI=1S/C22H29N3O5/c1-3-29-19-7-5-4-6-17(19)22(27)24-15-21(26)23-14-18(20-9-8-16(2)30-20)25-10-12-28-13-11-25/h4-9,18H,3,10-15H2,1-2H3,(H,23,26)(H,24,27). The summed E-state index contributed by atoms with van der Waals surface area (Å²) >= 11 is 0. The number of amides is 2. The molecule has 0 spiro atoms. The van der Waals surface area contributed by atoms with E-state index < -0.39 is 0 Å². The van der Waals surface area contributed by atoms with Crippen LogP contribution >= 0.6 is 0 Å². The molecule has 1 aromatic heterocycles. The van der Waals surface area contributed by atoms with Crippen LogP contribution < -0.4 is 15.4 Å². The molecule has 1 aromatic carbocycles. The lowest BCUT2D eigenvalue weighted by atomic mass is 10.1. The Labute approximate surface area is 176 Å². The second-order valence-corrected chi connectivity index (χ2v) is 7.03. The van der Waals surface area contributed by atoms with E-state index in [0.29, 0.717) is 37.7 Å². The monoisotopic (exact) mass is 415 g/mol. The summed E-state index contributed by atoms with van der Waals surface area (Å²) in [5.41, 5.74) is 0.407. The zero-order chi connectivity index (χ0) is 21.3. The van der Waals surface area contributed by atoms with Crippen LogP contribution in [0.1, 0.15) is 34.8 Å². The van der Waals surface area contributed by atoms with Crippen LogP contribution in [0.4, 0.5) is 0 Å². The van der Waals surface area contributed by atoms with Crippen LogP contribution in [0.3, 0.4) is 0 Å². The van der Waals surface area contributed by atoms with Crippen molar-refractivity contribution < 1.29 is 23.5 Å². The molecule has 2 amide bonds. The fraction of sp³-hybridized carbons (Fsp3) is 0.455. The summed E-state index contributed by atoms with van der Waals surface area (Å²) < 4.78 is 16.7. The van der Waals surface area contributed by atoms with Gasteiger partial charge in [-0.1, -0.05) is 12.1 Å². The Morgan fingerprint density at radius 1 is 1.13 bits per heavy atom. The predicted octanol–water partition coefficient (Wildman–Crippen LogP) is 1.91. The highest BCUT2D eigenvalue weighted by Gasteiger charge is 2.25. The van der Waals surface area contributed by atoms with E-state index in [-0.39, 0.29) is 24.4 Å². The minimum Gasteiger partial charge on any atom is -0.493 e. The number of nitrogens with zero attached hydrogens (tertiary/aromatic N) is 1. The van der Waals surface area contributed by atoms with Crippen molar-refractivity contribution in [2.75, 3.05) is 46.0 Å². The summed E-state index contributed by atoms with van der Waals surface area (Å²) in [5, 5.41) is 5.56. The number of ether oxygens (including phenoxy) is 2. The van der Waals surface area contributed by atoms with Gasteiger partial charge in [0.05, 0.1) is 38.0 Å². The lowest BCUT2D eigenvalue weighted by Crippen LogP contribution is -2.45. The summed E-state index contributed by atoms with van der Waals surface area (Å²) in [5.74, 6) is 1.53. The Bertz CT molecular complexity index is 845. The van der Waals surface area contributed by atoms with Crippen LogP contribution in [0, 0.1) is 6.92 Å². The Hall–Kier alpha value is -2.84. The molecule has 1 aliphatic rings. The second kappa shape index (κ2) is 10.8. The molecular formula is C22H29N3O5. The average molecular weight is 415 g/mol. The first-order valence-corrected chi connectivity index (χ1v) is 10.2. The van der Waals surface area contributed by atoms with Gasteiger partial charge in [-0.2, -0.15) is 0 Å². The number of furan rings is 1. The number of morpholine rings is 1. The number of carbonyl (C=O) groups is 2. The quantitative estimate of drug-likeness (QED) is 0.650. The van der Waals surface area contributed by atoms with Crippen LogP contribution in [-0.4, -0.2) is 62.7 Å². The van der Waals surface area contributed by atoms with Crippen molar-refractivity contribution in [3.63, 3.8) is 0 Å². The van der Waals surface area contributed by atoms with Gasteiger partial charge in [0.15, 0.2) is 0 Å². The lowest BCUT2D eigenvalue weighted by molar-refractivity contribution is -0.120. The molecule has 0 radical (unpaired) electrons. The van der Waals surface area contributed by atoms with Gasteiger partial charge in [-0.25, -0.2) is 0 Å². The van der Waals surface area contributed by atoms with Gasteiger partial charge in [-0.15, -0.1) is 0 Å². The molecule has 2 N–H and O–H groups in total. The fourth-order valence-electron chi connectivity index (χ4n) is 3.40. The van der Waals surface area contributed by atoms with Gasteiger partial charge in [-0.05, 0) is 38.1 Å². The number of rotatable bonds is 9. The van der Waals surface area contributed by atoms with Crippen molar-refractivity contribution in [1.29, 1.82) is 0 Å². The summed E-state index contributed by atoms with van der Waals surface area (Å²) in [6.07, 6.45) is 0. The first-order chi connectivity index (χ1) is 14.6. The Morgan fingerprint density at radius 3 is 2.60 bits per heavy atom. The molecule has 0 aliphatic carbocycles. The number of carbonyl (C=O) groups excluding carboxylic acids is 2. The molecule has 0 bridgehead atoms. The van der Waals surface area contributed by atoms with E-state index in [0.717, 1.165) is 24.6 Å². The van der Waals surface area contributed by atoms with Crippen molar-refractivity contribution in [1.82, 2.24) is 15.5 Å². The average Bonchev–Trinajstić information content (AvgIpc) is 3.19. The van der Waals surface area contributed by atoms with E-state index in [4.69, 9.17) is 13.9 Å². The van der Waals surface area contributed by atoms with Crippen LogP contribution in [0.5, 0.6) is 5.75 Å². The summed E-state index contributed by atoms with van der Waals surface area (Å²) in [7, 11) is 0. The third kappa shape index (κ3) is 5.84. The summed E-state index contributed by atoms with van der Waals surface area (Å²) in [4.78, 5) is 27.1. The minimum absolute atomic E-state index is 0.0825. The number of hydrogen-bond donors (Lipinski definition) is 2. The maximum absolute atomic E-state index is 12.4. The molecule has 8 nitrogen and oxygen atoms in total. The number of nitrogens with one attached hydrogen (secondary N) is 2. The zero-order valence-corrected chi connectivity index (χ0v) is 17.5. The number of para-hydroxylation sites is 1. The van der Waals surface area contributed by atoms with E-state index >= 15 is 0 Å². The van der Waals surface area contributed by atoms with Crippen molar-refractivity contribution >= 4 is 11.8 Å². The Kier molecular flexibility index (Phi) is 7.87. The SMILES string of the molecule is CCOc1ccccc1C(=O)NCC(=O)NCC(c1ccc(C)o1)N1CCOCC1. The van der Waals surface area contributed by atoms with Crippen molar-refractivity contribution in [2.24, 2.45) is 0 Å². The molecule has 0 saturated carbocycles. The van der Waals surface area contributed by atoms with Gasteiger partial charge in [-0.3, -0.25) is 14.5 Å². The van der Waals surface area contributed by atoms with Gasteiger partial charge in [0, 0.05) is 19.6 Å². The maximum Gasteiger partial charge on any atom is 0.255 e. The van der Waals surface area contributed by atoms with Crippen molar-refractivity contribution in [3.8, 4) is 5.75 Å². The molecule has 1 saturated heterocycles. The maximum atomic E-state index is 12.4. The third-order valence-electron chi connectivity index (χ3n) is 4.91. The predicted molar refractivity (Wildman–Crippen MR) is 112 cm³/mol. The molecule has 8 heteroatoms.